The third kappa shape index (κ3) is 2.12. The zero-order chi connectivity index (χ0) is 8.10. The molecule has 0 saturated carbocycles. The maximum Gasteiger partial charge on any atom is 0.179 e. The molecule has 11 heavy (non-hydrogen) atoms. The van der Waals surface area contributed by atoms with Crippen molar-refractivity contribution >= 4 is 16.3 Å². The molecule has 0 N–H and O–H groups in total. The number of benzene rings is 1. The molecule has 0 aliphatic heterocycles. The van der Waals surface area contributed by atoms with Crippen LogP contribution in [0.25, 0.3) is 0 Å². The molecule has 0 aliphatic carbocycles. The molecular formula is C8H9BrO2. The van der Waals surface area contributed by atoms with Gasteiger partial charge >= 0.3 is 0 Å². The van der Waals surface area contributed by atoms with E-state index in [1.165, 1.54) is 0 Å². The molecule has 60 valence electrons. The third-order valence-electron chi connectivity index (χ3n) is 1.23. The highest BCUT2D eigenvalue weighted by Gasteiger charge is 2.00. The first-order valence-electron chi connectivity index (χ1n) is 3.39. The minimum Gasteiger partial charge on any atom is -0.490 e. The highest BCUT2D eigenvalue weighted by molar-refractivity contribution is 9.06. The zero-order valence-corrected chi connectivity index (χ0v) is 7.80. The van der Waals surface area contributed by atoms with E-state index in [0.717, 1.165) is 5.75 Å². The molecule has 0 heterocycles. The van der Waals surface area contributed by atoms with Crippen LogP contribution in [0.3, 0.4) is 0 Å². The van der Waals surface area contributed by atoms with E-state index in [9.17, 15) is 0 Å². The van der Waals surface area contributed by atoms with Gasteiger partial charge in [-0.05, 0) is 19.1 Å². The topological polar surface area (TPSA) is 18.5 Å². The van der Waals surface area contributed by atoms with Crippen molar-refractivity contribution in [3.63, 3.8) is 0 Å². The van der Waals surface area contributed by atoms with Gasteiger partial charge < -0.3 is 8.57 Å². The summed E-state index contributed by atoms with van der Waals surface area (Å²) >= 11 is 2.90. The Morgan fingerprint density at radius 1 is 1.27 bits per heavy atom. The van der Waals surface area contributed by atoms with Gasteiger partial charge in [0.05, 0.1) is 6.61 Å². The Balaban J connectivity index is 2.83. The van der Waals surface area contributed by atoms with E-state index in [1.807, 2.05) is 31.2 Å². The highest BCUT2D eigenvalue weighted by atomic mass is 79.9. The molecule has 1 aromatic rings. The van der Waals surface area contributed by atoms with Crippen LogP contribution in [-0.2, 0) is 0 Å². The predicted molar refractivity (Wildman–Crippen MR) is 47.2 cm³/mol. The first-order valence-corrected chi connectivity index (χ1v) is 4.03. The van der Waals surface area contributed by atoms with Gasteiger partial charge in [0.1, 0.15) is 0 Å². The van der Waals surface area contributed by atoms with Crippen molar-refractivity contribution in [2.45, 2.75) is 6.92 Å². The van der Waals surface area contributed by atoms with E-state index in [-0.39, 0.29) is 0 Å². The summed E-state index contributed by atoms with van der Waals surface area (Å²) in [7, 11) is 0. The first kappa shape index (κ1) is 8.40. The smallest absolute Gasteiger partial charge is 0.179 e. The minimum absolute atomic E-state index is 0.646. The van der Waals surface area contributed by atoms with Gasteiger partial charge in [0.25, 0.3) is 0 Å². The summed E-state index contributed by atoms with van der Waals surface area (Å²) in [6.45, 7) is 2.58. The fourth-order valence-corrected chi connectivity index (χ4v) is 1.06. The lowest BCUT2D eigenvalue weighted by Crippen LogP contribution is -1.92. The molecule has 1 rings (SSSR count). The number of ether oxygens (including phenoxy) is 1. The predicted octanol–water partition coefficient (Wildman–Crippen LogP) is 2.77. The Bertz CT molecular complexity index is 225. The van der Waals surface area contributed by atoms with Crippen LogP contribution in [0.2, 0.25) is 0 Å². The molecule has 0 aromatic heterocycles. The second kappa shape index (κ2) is 4.23. The summed E-state index contributed by atoms with van der Waals surface area (Å²) in [5.41, 5.74) is 0. The number of hydrogen-bond acceptors (Lipinski definition) is 2. The lowest BCUT2D eigenvalue weighted by molar-refractivity contribution is 0.332. The number of rotatable bonds is 3. The van der Waals surface area contributed by atoms with Crippen molar-refractivity contribution in [2.75, 3.05) is 6.61 Å². The van der Waals surface area contributed by atoms with Crippen LogP contribution in [0.1, 0.15) is 6.92 Å². The van der Waals surface area contributed by atoms with Gasteiger partial charge in [-0.2, -0.15) is 0 Å². The summed E-state index contributed by atoms with van der Waals surface area (Å²) in [5.74, 6) is 1.46. The summed E-state index contributed by atoms with van der Waals surface area (Å²) in [6, 6.07) is 7.49. The Labute approximate surface area is 74.6 Å². The van der Waals surface area contributed by atoms with E-state index in [1.54, 1.807) is 0 Å². The van der Waals surface area contributed by atoms with Crippen LogP contribution in [0.4, 0.5) is 0 Å². The molecule has 0 radical (unpaired) electrons. The third-order valence-corrected chi connectivity index (χ3v) is 1.58. The Morgan fingerprint density at radius 2 is 1.91 bits per heavy atom. The van der Waals surface area contributed by atoms with E-state index in [2.05, 4.69) is 16.3 Å². The fourth-order valence-electron chi connectivity index (χ4n) is 0.789. The molecule has 0 saturated heterocycles. The first-order chi connectivity index (χ1) is 5.38. The zero-order valence-electron chi connectivity index (χ0n) is 6.21. The summed E-state index contributed by atoms with van der Waals surface area (Å²) < 4.78 is 10.2. The largest absolute Gasteiger partial charge is 0.490 e. The molecule has 2 nitrogen and oxygen atoms in total. The molecule has 0 amide bonds. The number of halogens is 1. The molecule has 0 unspecified atom stereocenters. The van der Waals surface area contributed by atoms with Crippen LogP contribution in [0.15, 0.2) is 24.3 Å². The lowest BCUT2D eigenvalue weighted by Gasteiger charge is -2.05. The van der Waals surface area contributed by atoms with Crippen molar-refractivity contribution in [1.29, 1.82) is 0 Å². The summed E-state index contributed by atoms with van der Waals surface area (Å²) in [4.78, 5) is 0. The van der Waals surface area contributed by atoms with Gasteiger partial charge in [-0.1, -0.05) is 12.1 Å². The van der Waals surface area contributed by atoms with E-state index in [4.69, 9.17) is 8.57 Å². The minimum atomic E-state index is 0.646. The van der Waals surface area contributed by atoms with Crippen LogP contribution >= 0.6 is 16.3 Å². The van der Waals surface area contributed by atoms with Crippen molar-refractivity contribution in [3.8, 4) is 11.5 Å². The maximum absolute atomic E-state index is 5.27. The SMILES string of the molecule is CCOc1ccccc1OBr. The van der Waals surface area contributed by atoms with Gasteiger partial charge in [0.2, 0.25) is 0 Å². The molecule has 0 spiro atoms. The highest BCUT2D eigenvalue weighted by Crippen LogP contribution is 2.27. The fraction of sp³-hybridized carbons (Fsp3) is 0.250. The summed E-state index contributed by atoms with van der Waals surface area (Å²) in [6.07, 6.45) is 0. The molecule has 0 aliphatic rings. The van der Waals surface area contributed by atoms with Crippen molar-refractivity contribution in [1.82, 2.24) is 0 Å². The van der Waals surface area contributed by atoms with Crippen LogP contribution in [0, 0.1) is 0 Å². The Hall–Kier alpha value is -0.700. The molecule has 3 heteroatoms. The monoisotopic (exact) mass is 216 g/mol. The van der Waals surface area contributed by atoms with Crippen LogP contribution in [0.5, 0.6) is 11.5 Å². The second-order valence-corrected chi connectivity index (χ2v) is 2.28. The Kier molecular flexibility index (Phi) is 3.23. The van der Waals surface area contributed by atoms with E-state index >= 15 is 0 Å². The van der Waals surface area contributed by atoms with E-state index < -0.39 is 0 Å². The average Bonchev–Trinajstić information content (AvgIpc) is 2.06. The quantitative estimate of drug-likeness (QED) is 0.774. The lowest BCUT2D eigenvalue weighted by atomic mass is 10.3. The molecule has 1 aromatic carbocycles. The van der Waals surface area contributed by atoms with Gasteiger partial charge in [0, 0.05) is 0 Å². The molecule has 0 fully saturated rings. The number of para-hydroxylation sites is 2. The van der Waals surface area contributed by atoms with Gasteiger partial charge in [-0.25, -0.2) is 0 Å². The Morgan fingerprint density at radius 3 is 2.45 bits per heavy atom. The molecular weight excluding hydrogens is 208 g/mol. The van der Waals surface area contributed by atoms with Gasteiger partial charge in [-0.15, -0.1) is 0 Å². The number of hydrogen-bond donors (Lipinski definition) is 0. The van der Waals surface area contributed by atoms with Crippen molar-refractivity contribution < 1.29 is 8.57 Å². The van der Waals surface area contributed by atoms with E-state index in [0.29, 0.717) is 12.4 Å². The summed E-state index contributed by atoms with van der Waals surface area (Å²) in [5, 5.41) is 0. The standard InChI is InChI=1S/C8H9BrO2/c1-2-10-7-5-3-4-6-8(7)11-9/h3-6H,2H2,1H3. The van der Waals surface area contributed by atoms with Crippen LogP contribution < -0.4 is 8.57 Å². The normalized spacial score (nSPS) is 9.27. The van der Waals surface area contributed by atoms with Crippen molar-refractivity contribution in [2.24, 2.45) is 0 Å². The van der Waals surface area contributed by atoms with Crippen molar-refractivity contribution in [3.05, 3.63) is 24.3 Å². The molecule has 0 bridgehead atoms. The molecule has 0 atom stereocenters. The average molecular weight is 217 g/mol. The van der Waals surface area contributed by atoms with Gasteiger partial charge in [0.15, 0.2) is 27.8 Å². The maximum atomic E-state index is 5.27. The van der Waals surface area contributed by atoms with Gasteiger partial charge in [-0.3, -0.25) is 0 Å². The second-order valence-electron chi connectivity index (χ2n) is 1.96. The van der Waals surface area contributed by atoms with Crippen LogP contribution in [-0.4, -0.2) is 6.61 Å².